The highest BCUT2D eigenvalue weighted by molar-refractivity contribution is 5.93. The van der Waals surface area contributed by atoms with E-state index in [1.807, 2.05) is 6.07 Å². The standard InChI is InChI=1S/C15H20N2O2/c1-19-14-5-4-11(8-13(14)16)17-15(18)12-7-9-2-3-10(12)6-9/h4-5,8-10,12H,2-3,6-7,16H2,1H3,(H,17,18). The lowest BCUT2D eigenvalue weighted by Gasteiger charge is -2.21. The number of anilines is 2. The molecule has 1 amide bonds. The number of nitrogens with two attached hydrogens (primary N) is 1. The van der Waals surface area contributed by atoms with Crippen molar-refractivity contribution in [2.24, 2.45) is 17.8 Å². The first kappa shape index (κ1) is 12.3. The van der Waals surface area contributed by atoms with Crippen LogP contribution in [0.3, 0.4) is 0 Å². The van der Waals surface area contributed by atoms with Crippen molar-refractivity contribution in [3.63, 3.8) is 0 Å². The Morgan fingerprint density at radius 3 is 2.79 bits per heavy atom. The highest BCUT2D eigenvalue weighted by Crippen LogP contribution is 2.48. The van der Waals surface area contributed by atoms with Crippen LogP contribution in [0, 0.1) is 17.8 Å². The molecule has 1 aromatic rings. The van der Waals surface area contributed by atoms with Crippen LogP contribution >= 0.6 is 0 Å². The second kappa shape index (κ2) is 4.76. The molecule has 2 fully saturated rings. The largest absolute Gasteiger partial charge is 0.495 e. The summed E-state index contributed by atoms with van der Waals surface area (Å²) >= 11 is 0. The molecule has 2 aliphatic rings. The Balaban J connectivity index is 1.68. The maximum atomic E-state index is 12.3. The van der Waals surface area contributed by atoms with Crippen LogP contribution in [0.2, 0.25) is 0 Å². The van der Waals surface area contributed by atoms with Crippen LogP contribution in [-0.4, -0.2) is 13.0 Å². The fourth-order valence-corrected chi connectivity index (χ4v) is 3.61. The van der Waals surface area contributed by atoms with Crippen molar-refractivity contribution in [2.45, 2.75) is 25.7 Å². The molecular formula is C15H20N2O2. The Bertz CT molecular complexity index is 501. The zero-order valence-corrected chi connectivity index (χ0v) is 11.2. The molecule has 0 aliphatic heterocycles. The zero-order chi connectivity index (χ0) is 13.4. The third kappa shape index (κ3) is 2.27. The van der Waals surface area contributed by atoms with Crippen molar-refractivity contribution in [3.05, 3.63) is 18.2 Å². The second-order valence-corrected chi connectivity index (χ2v) is 5.73. The molecule has 0 radical (unpaired) electrons. The first-order chi connectivity index (χ1) is 9.17. The van der Waals surface area contributed by atoms with Crippen molar-refractivity contribution in [1.29, 1.82) is 0 Å². The van der Waals surface area contributed by atoms with E-state index in [0.717, 1.165) is 18.0 Å². The second-order valence-electron chi connectivity index (χ2n) is 5.73. The molecule has 0 saturated heterocycles. The summed E-state index contributed by atoms with van der Waals surface area (Å²) < 4.78 is 5.11. The normalized spacial score (nSPS) is 28.4. The van der Waals surface area contributed by atoms with Gasteiger partial charge < -0.3 is 15.8 Å². The summed E-state index contributed by atoms with van der Waals surface area (Å²) in [6.07, 6.45) is 4.82. The number of hydrogen-bond donors (Lipinski definition) is 2. The van der Waals surface area contributed by atoms with Gasteiger partial charge in [0.25, 0.3) is 0 Å². The molecule has 19 heavy (non-hydrogen) atoms. The number of methoxy groups -OCH3 is 1. The number of fused-ring (bicyclic) bond motifs is 2. The molecule has 4 nitrogen and oxygen atoms in total. The van der Waals surface area contributed by atoms with Gasteiger partial charge in [-0.25, -0.2) is 0 Å². The summed E-state index contributed by atoms with van der Waals surface area (Å²) in [7, 11) is 1.58. The van der Waals surface area contributed by atoms with Crippen molar-refractivity contribution in [2.75, 3.05) is 18.2 Å². The summed E-state index contributed by atoms with van der Waals surface area (Å²) in [6.45, 7) is 0. The summed E-state index contributed by atoms with van der Waals surface area (Å²) in [5.41, 5.74) is 7.15. The van der Waals surface area contributed by atoms with Crippen molar-refractivity contribution >= 4 is 17.3 Å². The monoisotopic (exact) mass is 260 g/mol. The molecule has 4 heteroatoms. The Morgan fingerprint density at radius 2 is 2.21 bits per heavy atom. The van der Waals surface area contributed by atoms with Gasteiger partial charge in [0, 0.05) is 11.6 Å². The van der Waals surface area contributed by atoms with E-state index in [1.165, 1.54) is 19.3 Å². The average Bonchev–Trinajstić information content (AvgIpc) is 3.01. The van der Waals surface area contributed by atoms with Crippen molar-refractivity contribution in [3.8, 4) is 5.75 Å². The number of nitrogens with one attached hydrogen (secondary N) is 1. The van der Waals surface area contributed by atoms with Crippen LogP contribution in [0.25, 0.3) is 0 Å². The van der Waals surface area contributed by atoms with E-state index in [0.29, 0.717) is 17.4 Å². The Hall–Kier alpha value is -1.71. The van der Waals surface area contributed by atoms with Crippen molar-refractivity contribution < 1.29 is 9.53 Å². The third-order valence-corrected chi connectivity index (χ3v) is 4.57. The van der Waals surface area contributed by atoms with Gasteiger partial charge in [0.1, 0.15) is 5.75 Å². The molecule has 3 N–H and O–H groups in total. The smallest absolute Gasteiger partial charge is 0.227 e. The summed E-state index contributed by atoms with van der Waals surface area (Å²) in [4.78, 5) is 12.3. The molecule has 2 aliphatic carbocycles. The van der Waals surface area contributed by atoms with Crippen LogP contribution in [0.5, 0.6) is 5.75 Å². The molecule has 3 atom stereocenters. The molecule has 2 saturated carbocycles. The van der Waals surface area contributed by atoms with Gasteiger partial charge in [-0.15, -0.1) is 0 Å². The molecule has 0 aromatic heterocycles. The van der Waals surface area contributed by atoms with Gasteiger partial charge in [-0.1, -0.05) is 6.42 Å². The fourth-order valence-electron chi connectivity index (χ4n) is 3.61. The number of nitrogen functional groups attached to an aromatic ring is 1. The Morgan fingerprint density at radius 1 is 1.37 bits per heavy atom. The summed E-state index contributed by atoms with van der Waals surface area (Å²) in [6, 6.07) is 5.37. The van der Waals surface area contributed by atoms with Gasteiger partial charge in [0.05, 0.1) is 12.8 Å². The minimum atomic E-state index is 0.150. The molecular weight excluding hydrogens is 240 g/mol. The van der Waals surface area contributed by atoms with Gasteiger partial charge >= 0.3 is 0 Å². The van der Waals surface area contributed by atoms with Crippen LogP contribution < -0.4 is 15.8 Å². The van der Waals surface area contributed by atoms with E-state index in [-0.39, 0.29) is 11.8 Å². The number of carbonyl (C=O) groups is 1. The third-order valence-electron chi connectivity index (χ3n) is 4.57. The van der Waals surface area contributed by atoms with Crippen LogP contribution in [-0.2, 0) is 4.79 Å². The van der Waals surface area contributed by atoms with Crippen LogP contribution in [0.15, 0.2) is 18.2 Å². The minimum absolute atomic E-state index is 0.150. The molecule has 3 rings (SSSR count). The van der Waals surface area contributed by atoms with Gasteiger partial charge in [0.2, 0.25) is 5.91 Å². The SMILES string of the molecule is COc1ccc(NC(=O)C2CC3CCC2C3)cc1N. The number of benzene rings is 1. The first-order valence-electron chi connectivity index (χ1n) is 6.91. The lowest BCUT2D eigenvalue weighted by atomic mass is 9.88. The van der Waals surface area contributed by atoms with E-state index >= 15 is 0 Å². The molecule has 3 unspecified atom stereocenters. The first-order valence-corrected chi connectivity index (χ1v) is 6.91. The number of ether oxygens (including phenoxy) is 1. The lowest BCUT2D eigenvalue weighted by molar-refractivity contribution is -0.121. The highest BCUT2D eigenvalue weighted by Gasteiger charge is 2.42. The van der Waals surface area contributed by atoms with Crippen LogP contribution in [0.4, 0.5) is 11.4 Å². The predicted molar refractivity (Wildman–Crippen MR) is 75.0 cm³/mol. The number of hydrogen-bond acceptors (Lipinski definition) is 3. The number of amides is 1. The molecule has 102 valence electrons. The topological polar surface area (TPSA) is 64.3 Å². The molecule has 2 bridgehead atoms. The van der Waals surface area contributed by atoms with E-state index in [4.69, 9.17) is 10.5 Å². The summed E-state index contributed by atoms with van der Waals surface area (Å²) in [5.74, 6) is 2.36. The van der Waals surface area contributed by atoms with E-state index < -0.39 is 0 Å². The maximum absolute atomic E-state index is 12.3. The number of rotatable bonds is 3. The predicted octanol–water partition coefficient (Wildman–Crippen LogP) is 2.65. The van der Waals surface area contributed by atoms with Crippen molar-refractivity contribution in [1.82, 2.24) is 0 Å². The number of carbonyl (C=O) groups excluding carboxylic acids is 1. The maximum Gasteiger partial charge on any atom is 0.227 e. The minimum Gasteiger partial charge on any atom is -0.495 e. The average molecular weight is 260 g/mol. The molecule has 0 spiro atoms. The zero-order valence-electron chi connectivity index (χ0n) is 11.2. The van der Waals surface area contributed by atoms with Gasteiger partial charge in [-0.3, -0.25) is 4.79 Å². The summed E-state index contributed by atoms with van der Waals surface area (Å²) in [5, 5.41) is 2.99. The quantitative estimate of drug-likeness (QED) is 0.821. The van der Waals surface area contributed by atoms with Gasteiger partial charge in [-0.05, 0) is 49.3 Å². The Labute approximate surface area is 113 Å². The van der Waals surface area contributed by atoms with Gasteiger partial charge in [-0.2, -0.15) is 0 Å². The Kier molecular flexibility index (Phi) is 3.09. The van der Waals surface area contributed by atoms with Gasteiger partial charge in [0.15, 0.2) is 0 Å². The molecule has 1 aromatic carbocycles. The van der Waals surface area contributed by atoms with E-state index in [9.17, 15) is 4.79 Å². The lowest BCUT2D eigenvalue weighted by Crippen LogP contribution is -2.27. The highest BCUT2D eigenvalue weighted by atomic mass is 16.5. The fraction of sp³-hybridized carbons (Fsp3) is 0.533. The van der Waals surface area contributed by atoms with E-state index in [2.05, 4.69) is 5.32 Å². The van der Waals surface area contributed by atoms with E-state index in [1.54, 1.807) is 19.2 Å². The molecule has 0 heterocycles. The van der Waals surface area contributed by atoms with Crippen LogP contribution in [0.1, 0.15) is 25.7 Å².